The van der Waals surface area contributed by atoms with Crippen LogP contribution in [-0.2, 0) is 15.8 Å². The lowest BCUT2D eigenvalue weighted by Gasteiger charge is -2.19. The van der Waals surface area contributed by atoms with E-state index in [-0.39, 0.29) is 36.5 Å². The Labute approximate surface area is 148 Å². The fraction of sp³-hybridized carbons (Fsp3) is 0.471. The number of carboxylic acid groups (broad SMARTS) is 1. The SMILES string of the molecule is O=C(O)CCCCNC(=O)c1cc(N2CCCC2=O)cc(C(F)(F)F)c1. The van der Waals surface area contributed by atoms with Crippen molar-refractivity contribution in [3.8, 4) is 0 Å². The quantitative estimate of drug-likeness (QED) is 0.721. The lowest BCUT2D eigenvalue weighted by molar-refractivity contribution is -0.138. The van der Waals surface area contributed by atoms with Crippen LogP contribution in [0.2, 0.25) is 0 Å². The van der Waals surface area contributed by atoms with E-state index in [0.29, 0.717) is 25.8 Å². The van der Waals surface area contributed by atoms with Gasteiger partial charge in [0.2, 0.25) is 5.91 Å². The molecule has 142 valence electrons. The van der Waals surface area contributed by atoms with Crippen LogP contribution in [0.15, 0.2) is 18.2 Å². The van der Waals surface area contributed by atoms with Crippen molar-refractivity contribution in [2.45, 2.75) is 38.3 Å². The molecule has 1 aromatic rings. The van der Waals surface area contributed by atoms with Crippen LogP contribution in [0, 0.1) is 0 Å². The number of nitrogens with one attached hydrogen (secondary N) is 1. The fourth-order valence-electron chi connectivity index (χ4n) is 2.69. The number of carbonyl (C=O) groups excluding carboxylic acids is 2. The van der Waals surface area contributed by atoms with Gasteiger partial charge in [-0.15, -0.1) is 0 Å². The highest BCUT2D eigenvalue weighted by molar-refractivity contribution is 5.99. The smallest absolute Gasteiger partial charge is 0.416 e. The summed E-state index contributed by atoms with van der Waals surface area (Å²) in [5, 5.41) is 11.0. The van der Waals surface area contributed by atoms with E-state index in [1.54, 1.807) is 0 Å². The number of anilines is 1. The van der Waals surface area contributed by atoms with Gasteiger partial charge in [-0.05, 0) is 37.5 Å². The summed E-state index contributed by atoms with van der Waals surface area (Å²) in [5.41, 5.74) is -1.13. The van der Waals surface area contributed by atoms with E-state index in [9.17, 15) is 27.6 Å². The predicted molar refractivity (Wildman–Crippen MR) is 86.9 cm³/mol. The molecule has 26 heavy (non-hydrogen) atoms. The van der Waals surface area contributed by atoms with E-state index >= 15 is 0 Å². The highest BCUT2D eigenvalue weighted by atomic mass is 19.4. The first-order chi connectivity index (χ1) is 12.2. The Balaban J connectivity index is 2.14. The minimum absolute atomic E-state index is 0.0410. The van der Waals surface area contributed by atoms with Crippen molar-refractivity contribution in [1.29, 1.82) is 0 Å². The van der Waals surface area contributed by atoms with Gasteiger partial charge in [0.15, 0.2) is 0 Å². The molecule has 1 aliphatic rings. The van der Waals surface area contributed by atoms with Gasteiger partial charge in [-0.2, -0.15) is 13.2 Å². The maximum atomic E-state index is 13.1. The van der Waals surface area contributed by atoms with Crippen LogP contribution in [-0.4, -0.2) is 36.0 Å². The normalized spacial score (nSPS) is 14.6. The molecule has 0 bridgehead atoms. The molecular formula is C17H19F3N2O4. The first-order valence-electron chi connectivity index (χ1n) is 8.21. The molecule has 0 atom stereocenters. The number of nitrogens with zero attached hydrogens (tertiary/aromatic N) is 1. The molecular weight excluding hydrogens is 353 g/mol. The molecule has 1 aliphatic heterocycles. The van der Waals surface area contributed by atoms with E-state index in [1.165, 1.54) is 11.0 Å². The lowest BCUT2D eigenvalue weighted by Crippen LogP contribution is -2.27. The number of carboxylic acids is 1. The second kappa shape index (κ2) is 8.20. The van der Waals surface area contributed by atoms with Crippen LogP contribution in [0.25, 0.3) is 0 Å². The highest BCUT2D eigenvalue weighted by Gasteiger charge is 2.33. The van der Waals surface area contributed by atoms with Gasteiger partial charge in [-0.25, -0.2) is 0 Å². The standard InChI is InChI=1S/C17H19F3N2O4/c18-17(19,20)12-8-11(16(26)21-6-2-1-5-15(24)25)9-13(10-12)22-7-3-4-14(22)23/h8-10H,1-7H2,(H,21,26)(H,24,25). The summed E-state index contributed by atoms with van der Waals surface area (Å²) in [5.74, 6) is -1.92. The minimum atomic E-state index is -4.64. The molecule has 6 nitrogen and oxygen atoms in total. The summed E-state index contributed by atoms with van der Waals surface area (Å²) >= 11 is 0. The maximum Gasteiger partial charge on any atom is 0.416 e. The zero-order valence-electron chi connectivity index (χ0n) is 13.9. The molecule has 0 unspecified atom stereocenters. The van der Waals surface area contributed by atoms with Gasteiger partial charge >= 0.3 is 12.1 Å². The van der Waals surface area contributed by atoms with E-state index in [1.807, 2.05) is 0 Å². The second-order valence-electron chi connectivity index (χ2n) is 6.02. The highest BCUT2D eigenvalue weighted by Crippen LogP contribution is 2.34. The van der Waals surface area contributed by atoms with E-state index in [0.717, 1.165) is 12.1 Å². The Kier molecular flexibility index (Phi) is 6.23. The Bertz CT molecular complexity index is 704. The van der Waals surface area contributed by atoms with Gasteiger partial charge in [0.05, 0.1) is 5.56 Å². The number of amides is 2. The third-order valence-corrected chi connectivity index (χ3v) is 4.00. The third kappa shape index (κ3) is 5.21. The van der Waals surface area contributed by atoms with Crippen LogP contribution < -0.4 is 10.2 Å². The van der Waals surface area contributed by atoms with Crippen molar-refractivity contribution >= 4 is 23.5 Å². The largest absolute Gasteiger partial charge is 0.481 e. The molecule has 9 heteroatoms. The van der Waals surface area contributed by atoms with Crippen LogP contribution in [0.4, 0.5) is 18.9 Å². The molecule has 0 aromatic heterocycles. The molecule has 1 fully saturated rings. The summed E-state index contributed by atoms with van der Waals surface area (Å²) in [4.78, 5) is 35.6. The van der Waals surface area contributed by atoms with E-state index in [2.05, 4.69) is 5.32 Å². The van der Waals surface area contributed by atoms with Gasteiger partial charge < -0.3 is 15.3 Å². The van der Waals surface area contributed by atoms with Gasteiger partial charge in [0.1, 0.15) is 0 Å². The number of rotatable bonds is 7. The van der Waals surface area contributed by atoms with E-state index < -0.39 is 23.6 Å². The topological polar surface area (TPSA) is 86.7 Å². The zero-order chi connectivity index (χ0) is 19.3. The lowest BCUT2D eigenvalue weighted by atomic mass is 10.1. The van der Waals surface area contributed by atoms with Crippen molar-refractivity contribution in [2.24, 2.45) is 0 Å². The van der Waals surface area contributed by atoms with Crippen molar-refractivity contribution in [3.63, 3.8) is 0 Å². The van der Waals surface area contributed by atoms with Crippen LogP contribution in [0.5, 0.6) is 0 Å². The number of carbonyl (C=O) groups is 3. The number of hydrogen-bond donors (Lipinski definition) is 2. The molecule has 1 aromatic carbocycles. The van der Waals surface area contributed by atoms with Gasteiger partial charge in [0, 0.05) is 37.2 Å². The summed E-state index contributed by atoms with van der Waals surface area (Å²) < 4.78 is 39.4. The fourth-order valence-corrected chi connectivity index (χ4v) is 2.69. The number of hydrogen-bond acceptors (Lipinski definition) is 3. The average molecular weight is 372 g/mol. The molecule has 2 rings (SSSR count). The molecule has 0 saturated carbocycles. The first kappa shape index (κ1) is 19.7. The summed E-state index contributed by atoms with van der Waals surface area (Å²) in [7, 11) is 0. The molecule has 0 spiro atoms. The Morgan fingerprint density at radius 3 is 2.50 bits per heavy atom. The molecule has 1 heterocycles. The van der Waals surface area contributed by atoms with Gasteiger partial charge in [-0.3, -0.25) is 14.4 Å². The van der Waals surface area contributed by atoms with Crippen LogP contribution >= 0.6 is 0 Å². The second-order valence-corrected chi connectivity index (χ2v) is 6.02. The average Bonchev–Trinajstić information content (AvgIpc) is 2.99. The maximum absolute atomic E-state index is 13.1. The molecule has 2 amide bonds. The Morgan fingerprint density at radius 2 is 1.92 bits per heavy atom. The first-order valence-corrected chi connectivity index (χ1v) is 8.21. The van der Waals surface area contributed by atoms with Crippen molar-refractivity contribution in [1.82, 2.24) is 5.32 Å². The van der Waals surface area contributed by atoms with Gasteiger partial charge in [0.25, 0.3) is 5.91 Å². The summed E-state index contributed by atoms with van der Waals surface area (Å²) in [6.07, 6.45) is -3.11. The Morgan fingerprint density at radius 1 is 1.19 bits per heavy atom. The molecule has 1 saturated heterocycles. The number of benzene rings is 1. The zero-order valence-corrected chi connectivity index (χ0v) is 13.9. The van der Waals surface area contributed by atoms with Gasteiger partial charge in [-0.1, -0.05) is 0 Å². The number of alkyl halides is 3. The summed E-state index contributed by atoms with van der Waals surface area (Å²) in [6.45, 7) is 0.469. The van der Waals surface area contributed by atoms with Crippen LogP contribution in [0.3, 0.4) is 0 Å². The van der Waals surface area contributed by atoms with Crippen LogP contribution in [0.1, 0.15) is 48.0 Å². The number of halogens is 3. The van der Waals surface area contributed by atoms with Crippen molar-refractivity contribution in [3.05, 3.63) is 29.3 Å². The van der Waals surface area contributed by atoms with Crippen molar-refractivity contribution < 1.29 is 32.7 Å². The molecule has 0 aliphatic carbocycles. The predicted octanol–water partition coefficient (Wildman–Crippen LogP) is 2.82. The molecule has 2 N–H and O–H groups in total. The van der Waals surface area contributed by atoms with E-state index in [4.69, 9.17) is 5.11 Å². The number of unbranched alkanes of at least 4 members (excludes halogenated alkanes) is 1. The number of aliphatic carboxylic acids is 1. The monoisotopic (exact) mass is 372 g/mol. The minimum Gasteiger partial charge on any atom is -0.481 e. The van der Waals surface area contributed by atoms with Crippen molar-refractivity contribution in [2.75, 3.05) is 18.0 Å². The molecule has 0 radical (unpaired) electrons. The third-order valence-electron chi connectivity index (χ3n) is 4.00. The summed E-state index contributed by atoms with van der Waals surface area (Å²) in [6, 6.07) is 2.88. The Hall–Kier alpha value is -2.58.